The molecule has 0 bridgehead atoms. The van der Waals surface area contributed by atoms with Gasteiger partial charge in [-0.05, 0) is 12.8 Å². The van der Waals surface area contributed by atoms with Crippen molar-refractivity contribution in [1.29, 1.82) is 0 Å². The van der Waals surface area contributed by atoms with Crippen molar-refractivity contribution in [2.24, 2.45) is 0 Å². The summed E-state index contributed by atoms with van der Waals surface area (Å²) in [5, 5.41) is 0. The number of ether oxygens (including phenoxy) is 2. The molecule has 0 N–H and O–H groups in total. The van der Waals surface area contributed by atoms with Crippen molar-refractivity contribution in [1.82, 2.24) is 0 Å². The predicted octanol–water partition coefficient (Wildman–Crippen LogP) is 3.54. The molecule has 0 amide bonds. The number of hydrogen-bond acceptors (Lipinski definition) is 4. The van der Waals surface area contributed by atoms with E-state index < -0.39 is 11.9 Å². The summed E-state index contributed by atoms with van der Waals surface area (Å²) >= 11 is 0. The summed E-state index contributed by atoms with van der Waals surface area (Å²) in [6.45, 7) is 0.858. The lowest BCUT2D eigenvalue weighted by Crippen LogP contribution is -2.06. The largest absolute Gasteiger partial charge is 0.463 e. The van der Waals surface area contributed by atoms with Crippen LogP contribution in [0.4, 0.5) is 0 Å². The first-order valence-corrected chi connectivity index (χ1v) is 7.80. The number of esters is 2. The van der Waals surface area contributed by atoms with E-state index in [4.69, 9.17) is 9.47 Å². The minimum atomic E-state index is -0.469. The fraction of sp³-hybridized carbons (Fsp3) is 0.750. The Morgan fingerprint density at radius 2 is 0.850 bits per heavy atom. The molecule has 1 aliphatic heterocycles. The zero-order valence-electron chi connectivity index (χ0n) is 12.3. The molecule has 0 atom stereocenters. The predicted molar refractivity (Wildman–Crippen MR) is 77.2 cm³/mol. The van der Waals surface area contributed by atoms with Crippen LogP contribution in [0.15, 0.2) is 12.2 Å². The SMILES string of the molecule is O=C1/C=C\C(=O)OCCCCCCCCCCCCO1. The summed E-state index contributed by atoms with van der Waals surface area (Å²) in [6.07, 6.45) is 13.8. The lowest BCUT2D eigenvalue weighted by atomic mass is 10.1. The van der Waals surface area contributed by atoms with Crippen LogP contribution in [-0.2, 0) is 19.1 Å². The van der Waals surface area contributed by atoms with E-state index in [1.54, 1.807) is 0 Å². The quantitative estimate of drug-likeness (QED) is 0.638. The minimum absolute atomic E-state index is 0.429. The summed E-state index contributed by atoms with van der Waals surface area (Å²) in [5.74, 6) is -0.939. The molecular weight excluding hydrogens is 256 g/mol. The lowest BCUT2D eigenvalue weighted by Gasteiger charge is -2.05. The van der Waals surface area contributed by atoms with Crippen LogP contribution < -0.4 is 0 Å². The highest BCUT2D eigenvalue weighted by Gasteiger charge is 2.02. The Bertz CT molecular complexity index is 280. The van der Waals surface area contributed by atoms with Crippen molar-refractivity contribution >= 4 is 11.9 Å². The molecule has 4 nitrogen and oxygen atoms in total. The molecule has 0 radical (unpaired) electrons. The van der Waals surface area contributed by atoms with E-state index in [0.717, 1.165) is 37.8 Å². The van der Waals surface area contributed by atoms with Gasteiger partial charge < -0.3 is 9.47 Å². The normalized spacial score (nSPS) is 23.0. The molecule has 20 heavy (non-hydrogen) atoms. The van der Waals surface area contributed by atoms with Gasteiger partial charge in [0.2, 0.25) is 0 Å². The van der Waals surface area contributed by atoms with Crippen LogP contribution in [0.1, 0.15) is 64.2 Å². The van der Waals surface area contributed by atoms with Crippen molar-refractivity contribution in [3.05, 3.63) is 12.2 Å². The van der Waals surface area contributed by atoms with Crippen LogP contribution in [-0.4, -0.2) is 25.2 Å². The first-order valence-electron chi connectivity index (χ1n) is 7.80. The molecule has 0 saturated carbocycles. The summed E-state index contributed by atoms with van der Waals surface area (Å²) in [4.78, 5) is 22.6. The molecule has 1 heterocycles. The van der Waals surface area contributed by atoms with Crippen molar-refractivity contribution < 1.29 is 19.1 Å². The summed E-state index contributed by atoms with van der Waals surface area (Å²) in [6, 6.07) is 0. The highest BCUT2D eigenvalue weighted by atomic mass is 16.5. The van der Waals surface area contributed by atoms with Crippen LogP contribution in [0.5, 0.6) is 0 Å². The van der Waals surface area contributed by atoms with Gasteiger partial charge in [-0.15, -0.1) is 0 Å². The van der Waals surface area contributed by atoms with Crippen LogP contribution in [0.3, 0.4) is 0 Å². The Kier molecular flexibility index (Phi) is 9.62. The Hall–Kier alpha value is -1.32. The minimum Gasteiger partial charge on any atom is -0.463 e. The number of carbonyl (C=O) groups is 2. The molecule has 114 valence electrons. The van der Waals surface area contributed by atoms with Gasteiger partial charge in [-0.3, -0.25) is 0 Å². The van der Waals surface area contributed by atoms with E-state index in [2.05, 4.69) is 0 Å². The number of hydrogen-bond donors (Lipinski definition) is 0. The highest BCUT2D eigenvalue weighted by Crippen LogP contribution is 2.11. The van der Waals surface area contributed by atoms with Crippen molar-refractivity contribution in [3.63, 3.8) is 0 Å². The van der Waals surface area contributed by atoms with Crippen molar-refractivity contribution in [3.8, 4) is 0 Å². The van der Waals surface area contributed by atoms with E-state index in [0.29, 0.717) is 13.2 Å². The molecule has 0 aliphatic carbocycles. The summed E-state index contributed by atoms with van der Waals surface area (Å²) < 4.78 is 10.0. The summed E-state index contributed by atoms with van der Waals surface area (Å²) in [7, 11) is 0. The molecule has 0 aromatic carbocycles. The van der Waals surface area contributed by atoms with Gasteiger partial charge in [-0.25, -0.2) is 9.59 Å². The number of cyclic esters (lactones) is 2. The molecule has 0 saturated heterocycles. The van der Waals surface area contributed by atoms with Gasteiger partial charge in [-0.2, -0.15) is 0 Å². The maximum atomic E-state index is 11.3. The maximum absolute atomic E-state index is 11.3. The third-order valence-corrected chi connectivity index (χ3v) is 3.38. The zero-order chi connectivity index (χ0) is 14.5. The highest BCUT2D eigenvalue weighted by molar-refractivity contribution is 5.91. The first kappa shape index (κ1) is 16.7. The molecule has 0 aromatic rings. The number of rotatable bonds is 0. The van der Waals surface area contributed by atoms with Crippen molar-refractivity contribution in [2.45, 2.75) is 64.2 Å². The molecule has 0 unspecified atom stereocenters. The second kappa shape index (κ2) is 11.5. The molecule has 0 spiro atoms. The molecule has 1 aliphatic rings. The molecule has 0 fully saturated rings. The van der Waals surface area contributed by atoms with E-state index >= 15 is 0 Å². The smallest absolute Gasteiger partial charge is 0.331 e. The van der Waals surface area contributed by atoms with Gasteiger partial charge >= 0.3 is 11.9 Å². The van der Waals surface area contributed by atoms with Gasteiger partial charge in [0, 0.05) is 12.2 Å². The third-order valence-electron chi connectivity index (χ3n) is 3.38. The second-order valence-electron chi connectivity index (χ2n) is 5.20. The Morgan fingerprint density at radius 3 is 1.20 bits per heavy atom. The average molecular weight is 282 g/mol. The average Bonchev–Trinajstić information content (AvgIpc) is 2.44. The van der Waals surface area contributed by atoms with Crippen LogP contribution in [0, 0.1) is 0 Å². The van der Waals surface area contributed by atoms with Crippen LogP contribution in [0.25, 0.3) is 0 Å². The molecular formula is C16H26O4. The van der Waals surface area contributed by atoms with E-state index in [1.807, 2.05) is 0 Å². The molecule has 1 rings (SSSR count). The van der Waals surface area contributed by atoms with Gasteiger partial charge in [0.1, 0.15) is 0 Å². The third kappa shape index (κ3) is 9.59. The lowest BCUT2D eigenvalue weighted by molar-refractivity contribution is -0.140. The maximum Gasteiger partial charge on any atom is 0.331 e. The topological polar surface area (TPSA) is 52.6 Å². The van der Waals surface area contributed by atoms with Crippen LogP contribution in [0.2, 0.25) is 0 Å². The monoisotopic (exact) mass is 282 g/mol. The fourth-order valence-corrected chi connectivity index (χ4v) is 2.20. The molecule has 4 heteroatoms. The van der Waals surface area contributed by atoms with E-state index in [9.17, 15) is 9.59 Å². The Balaban J connectivity index is 2.29. The number of carbonyl (C=O) groups excluding carboxylic acids is 2. The fourth-order valence-electron chi connectivity index (χ4n) is 2.20. The van der Waals surface area contributed by atoms with Crippen molar-refractivity contribution in [2.75, 3.05) is 13.2 Å². The summed E-state index contributed by atoms with van der Waals surface area (Å²) in [5.41, 5.74) is 0. The van der Waals surface area contributed by atoms with Gasteiger partial charge in [0.25, 0.3) is 0 Å². The Morgan fingerprint density at radius 1 is 0.550 bits per heavy atom. The molecule has 0 aromatic heterocycles. The van der Waals surface area contributed by atoms with E-state index in [-0.39, 0.29) is 0 Å². The van der Waals surface area contributed by atoms with Gasteiger partial charge in [-0.1, -0.05) is 51.4 Å². The second-order valence-corrected chi connectivity index (χ2v) is 5.20. The van der Waals surface area contributed by atoms with Gasteiger partial charge in [0.05, 0.1) is 13.2 Å². The first-order chi connectivity index (χ1) is 9.79. The van der Waals surface area contributed by atoms with Crippen LogP contribution >= 0.6 is 0 Å². The van der Waals surface area contributed by atoms with E-state index in [1.165, 1.54) is 38.5 Å². The standard InChI is InChI=1S/C16H26O4/c17-15-11-12-16(18)20-14-10-8-6-4-2-1-3-5-7-9-13-19-15/h11-12H,1-10,13-14H2/b12-11-. The van der Waals surface area contributed by atoms with Gasteiger partial charge in [0.15, 0.2) is 0 Å². The zero-order valence-corrected chi connectivity index (χ0v) is 12.3. The Labute approximate surface area is 121 Å².